The van der Waals surface area contributed by atoms with Gasteiger partial charge in [-0.05, 0) is 51.0 Å². The number of guanidine groups is 1. The van der Waals surface area contributed by atoms with Gasteiger partial charge in [0.1, 0.15) is 11.9 Å². The Labute approximate surface area is 171 Å². The molecule has 11 heteroatoms. The lowest BCUT2D eigenvalue weighted by atomic mass is 9.95. The average molecular weight is 425 g/mol. The molecule has 1 unspecified atom stereocenters. The quantitative estimate of drug-likeness (QED) is 0.651. The van der Waals surface area contributed by atoms with Crippen LogP contribution >= 0.6 is 0 Å². The molecule has 0 aliphatic carbocycles. The minimum Gasteiger partial charge on any atom is -0.491 e. The summed E-state index contributed by atoms with van der Waals surface area (Å²) in [5, 5.41) is 2.41. The summed E-state index contributed by atoms with van der Waals surface area (Å²) in [6.07, 6.45) is 1.90. The third-order valence-electron chi connectivity index (χ3n) is 5.04. The molecule has 0 bridgehead atoms. The van der Waals surface area contributed by atoms with Crippen molar-refractivity contribution in [3.63, 3.8) is 0 Å². The predicted octanol–water partition coefficient (Wildman–Crippen LogP) is 0.333. The van der Waals surface area contributed by atoms with Crippen LogP contribution in [0.3, 0.4) is 0 Å². The number of hydrogen-bond donors (Lipinski definition) is 2. The largest absolute Gasteiger partial charge is 0.491 e. The van der Waals surface area contributed by atoms with E-state index in [1.807, 2.05) is 13.8 Å². The summed E-state index contributed by atoms with van der Waals surface area (Å²) in [5.41, 5.74) is 6.40. The molecule has 4 N–H and O–H groups in total. The number of aliphatic imine (C=N–C) groups is 1. The molecular weight excluding hydrogens is 396 g/mol. The van der Waals surface area contributed by atoms with Gasteiger partial charge in [-0.25, -0.2) is 23.6 Å². The Bertz CT molecular complexity index is 878. The van der Waals surface area contributed by atoms with E-state index in [1.54, 1.807) is 24.3 Å². The van der Waals surface area contributed by atoms with Gasteiger partial charge in [-0.2, -0.15) is 5.01 Å². The number of sulfonamides is 1. The normalized spacial score (nSPS) is 22.2. The fourth-order valence-corrected chi connectivity index (χ4v) is 4.47. The Morgan fingerprint density at radius 3 is 2.31 bits per heavy atom. The second kappa shape index (κ2) is 8.27. The number of nitrogens with zero attached hydrogens (tertiary/aromatic N) is 4. The van der Waals surface area contributed by atoms with Crippen molar-refractivity contribution in [2.24, 2.45) is 22.5 Å². The van der Waals surface area contributed by atoms with Crippen molar-refractivity contribution in [3.8, 4) is 5.75 Å². The second-order valence-corrected chi connectivity index (χ2v) is 9.57. The van der Waals surface area contributed by atoms with Gasteiger partial charge >= 0.3 is 0 Å². The first-order valence-corrected chi connectivity index (χ1v) is 11.4. The number of piperidine rings is 1. The number of carbonyl (C=O) groups is 1. The molecule has 1 aromatic rings. The highest BCUT2D eigenvalue weighted by molar-refractivity contribution is 7.88. The first-order chi connectivity index (χ1) is 13.6. The smallest absolute Gasteiger partial charge is 0.276 e. The Balaban J connectivity index is 1.68. The molecule has 0 aromatic heterocycles. The molecule has 0 saturated carbocycles. The number of carbonyl (C=O) groups excluding carboxylic acids is 1. The van der Waals surface area contributed by atoms with Crippen LogP contribution in [0.15, 0.2) is 29.3 Å². The zero-order valence-corrected chi connectivity index (χ0v) is 17.7. The molecule has 2 aliphatic heterocycles. The van der Waals surface area contributed by atoms with Gasteiger partial charge in [-0.15, -0.1) is 5.12 Å². The number of hydrogen-bond acceptors (Lipinski definition) is 8. The molecule has 1 fully saturated rings. The number of ether oxygens (including phenoxy) is 1. The maximum Gasteiger partial charge on any atom is 0.276 e. The highest BCUT2D eigenvalue weighted by atomic mass is 32.2. The maximum atomic E-state index is 12.9. The molecule has 1 aromatic carbocycles. The third-order valence-corrected chi connectivity index (χ3v) is 6.34. The summed E-state index contributed by atoms with van der Waals surface area (Å²) >= 11 is 0. The first kappa shape index (κ1) is 21.5. The fraction of sp³-hybridized carbons (Fsp3) is 0.556. The van der Waals surface area contributed by atoms with Gasteiger partial charge in [0, 0.05) is 24.6 Å². The van der Waals surface area contributed by atoms with Crippen LogP contribution in [0.25, 0.3) is 0 Å². The summed E-state index contributed by atoms with van der Waals surface area (Å²) in [5.74, 6) is 6.48. The summed E-state index contributed by atoms with van der Waals surface area (Å²) in [4.78, 5) is 17.3. The van der Waals surface area contributed by atoms with E-state index in [0.717, 1.165) is 5.01 Å². The predicted molar refractivity (Wildman–Crippen MR) is 109 cm³/mol. The SMILES string of the molecule is CC(C)Oc1ccc(C(=O)N2C(N)=NC(C3CCN(S(C)(=O)=O)CC3)N2N)cc1. The van der Waals surface area contributed by atoms with Crippen molar-refractivity contribution < 1.29 is 17.9 Å². The highest BCUT2D eigenvalue weighted by Gasteiger charge is 2.41. The molecular formula is C18H28N6O4S. The van der Waals surface area contributed by atoms with Crippen LogP contribution in [0.1, 0.15) is 37.0 Å². The topological polar surface area (TPSA) is 135 Å². The Morgan fingerprint density at radius 2 is 1.79 bits per heavy atom. The zero-order valence-electron chi connectivity index (χ0n) is 16.9. The minimum atomic E-state index is -3.22. The van der Waals surface area contributed by atoms with Crippen LogP contribution < -0.4 is 16.3 Å². The van der Waals surface area contributed by atoms with Gasteiger partial charge in [0.2, 0.25) is 16.0 Å². The Morgan fingerprint density at radius 1 is 1.21 bits per heavy atom. The summed E-state index contributed by atoms with van der Waals surface area (Å²) in [6, 6.07) is 6.74. The van der Waals surface area contributed by atoms with Crippen LogP contribution in [-0.4, -0.2) is 66.3 Å². The molecule has 10 nitrogen and oxygen atoms in total. The first-order valence-electron chi connectivity index (χ1n) is 9.51. The molecule has 0 spiro atoms. The molecule has 2 heterocycles. The maximum absolute atomic E-state index is 12.9. The van der Waals surface area contributed by atoms with Gasteiger partial charge in [-0.3, -0.25) is 4.79 Å². The van der Waals surface area contributed by atoms with E-state index < -0.39 is 16.2 Å². The van der Waals surface area contributed by atoms with Crippen molar-refractivity contribution in [3.05, 3.63) is 29.8 Å². The molecule has 29 heavy (non-hydrogen) atoms. The molecule has 3 rings (SSSR count). The lowest BCUT2D eigenvalue weighted by Gasteiger charge is -2.35. The van der Waals surface area contributed by atoms with Crippen LogP contribution in [0.4, 0.5) is 0 Å². The fourth-order valence-electron chi connectivity index (χ4n) is 3.59. The van der Waals surface area contributed by atoms with Crippen LogP contribution in [0, 0.1) is 5.92 Å². The molecule has 1 atom stereocenters. The van der Waals surface area contributed by atoms with Crippen LogP contribution in [-0.2, 0) is 10.0 Å². The highest BCUT2D eigenvalue weighted by Crippen LogP contribution is 2.29. The van der Waals surface area contributed by atoms with E-state index in [9.17, 15) is 13.2 Å². The Kier molecular flexibility index (Phi) is 6.13. The molecule has 2 aliphatic rings. The average Bonchev–Trinajstić information content (AvgIpc) is 2.95. The van der Waals surface area contributed by atoms with Gasteiger partial charge in [0.15, 0.2) is 0 Å². The van der Waals surface area contributed by atoms with Crippen molar-refractivity contribution in [1.82, 2.24) is 14.4 Å². The minimum absolute atomic E-state index is 0.00355. The summed E-state index contributed by atoms with van der Waals surface area (Å²) < 4.78 is 30.4. The van der Waals surface area contributed by atoms with E-state index in [2.05, 4.69) is 4.99 Å². The number of amides is 1. The van der Waals surface area contributed by atoms with Crippen LogP contribution in [0.2, 0.25) is 0 Å². The van der Waals surface area contributed by atoms with E-state index >= 15 is 0 Å². The van der Waals surface area contributed by atoms with Gasteiger partial charge in [0.25, 0.3) is 5.91 Å². The van der Waals surface area contributed by atoms with E-state index in [4.69, 9.17) is 16.3 Å². The van der Waals surface area contributed by atoms with Crippen LogP contribution in [0.5, 0.6) is 5.75 Å². The van der Waals surface area contributed by atoms with E-state index in [1.165, 1.54) is 15.7 Å². The lowest BCUT2D eigenvalue weighted by Crippen LogP contribution is -2.56. The van der Waals surface area contributed by atoms with E-state index in [0.29, 0.717) is 37.2 Å². The zero-order chi connectivity index (χ0) is 21.3. The lowest BCUT2D eigenvalue weighted by molar-refractivity contribution is -0.00150. The number of rotatable bonds is 5. The second-order valence-electron chi connectivity index (χ2n) is 7.59. The van der Waals surface area contributed by atoms with Gasteiger partial charge in [0.05, 0.1) is 12.4 Å². The number of hydrazine groups is 2. The third kappa shape index (κ3) is 4.69. The summed E-state index contributed by atoms with van der Waals surface area (Å²) in [6.45, 7) is 4.64. The van der Waals surface area contributed by atoms with E-state index in [-0.39, 0.29) is 23.9 Å². The van der Waals surface area contributed by atoms with Crippen molar-refractivity contribution in [2.45, 2.75) is 39.0 Å². The number of nitrogens with two attached hydrogens (primary N) is 2. The molecule has 160 valence electrons. The van der Waals surface area contributed by atoms with Crippen molar-refractivity contribution in [1.29, 1.82) is 0 Å². The molecule has 1 amide bonds. The molecule has 0 radical (unpaired) electrons. The Hall–Kier alpha value is -2.21. The van der Waals surface area contributed by atoms with Gasteiger partial charge in [-0.1, -0.05) is 0 Å². The van der Waals surface area contributed by atoms with Gasteiger partial charge < -0.3 is 10.5 Å². The monoisotopic (exact) mass is 424 g/mol. The van der Waals surface area contributed by atoms with Crippen molar-refractivity contribution >= 4 is 21.9 Å². The molecule has 1 saturated heterocycles. The van der Waals surface area contributed by atoms with Crippen molar-refractivity contribution in [2.75, 3.05) is 19.3 Å². The standard InChI is InChI=1S/C18H28N6O4S/c1-12(2)28-15-6-4-14(5-7-15)17(25)23-18(19)21-16(24(23)20)13-8-10-22(11-9-13)29(3,26)27/h4-7,12-13,16H,8-11,20H2,1-3H3,(H2,19,21). The number of benzene rings is 1. The summed E-state index contributed by atoms with van der Waals surface area (Å²) in [7, 11) is -3.22.